The molecule has 5 nitrogen and oxygen atoms in total. The van der Waals surface area contributed by atoms with Crippen LogP contribution in [0.5, 0.6) is 0 Å². The Morgan fingerprint density at radius 3 is 2.82 bits per heavy atom. The quantitative estimate of drug-likeness (QED) is 0.627. The first-order chi connectivity index (χ1) is 8.04. The molecule has 0 unspecified atom stereocenters. The van der Waals surface area contributed by atoms with Crippen LogP contribution in [0.3, 0.4) is 0 Å². The van der Waals surface area contributed by atoms with E-state index in [1.165, 1.54) is 6.07 Å². The fraction of sp³-hybridized carbons (Fsp3) is 0.182. The molecule has 0 saturated heterocycles. The van der Waals surface area contributed by atoms with Gasteiger partial charge in [-0.05, 0) is 13.0 Å². The third-order valence-corrected chi connectivity index (χ3v) is 3.68. The van der Waals surface area contributed by atoms with E-state index in [-0.39, 0.29) is 17.2 Å². The lowest BCUT2D eigenvalue weighted by Crippen LogP contribution is -2.14. The van der Waals surface area contributed by atoms with E-state index < -0.39 is 16.0 Å². The van der Waals surface area contributed by atoms with E-state index in [0.717, 1.165) is 6.08 Å². The number of sulfonamides is 1. The summed E-state index contributed by atoms with van der Waals surface area (Å²) >= 11 is 0. The zero-order chi connectivity index (χ0) is 12.5. The Morgan fingerprint density at radius 2 is 2.12 bits per heavy atom. The van der Waals surface area contributed by atoms with Crippen LogP contribution in [0.2, 0.25) is 0 Å². The molecule has 0 bridgehead atoms. The van der Waals surface area contributed by atoms with Crippen LogP contribution in [0.15, 0.2) is 35.2 Å². The highest BCUT2D eigenvalue weighted by atomic mass is 32.2. The largest absolute Gasteiger partial charge is 0.463 e. The molecule has 0 atom stereocenters. The molecule has 0 radical (unpaired) electrons. The fourth-order valence-corrected chi connectivity index (χ4v) is 2.88. The molecule has 6 heteroatoms. The fourth-order valence-electron chi connectivity index (χ4n) is 1.59. The van der Waals surface area contributed by atoms with Crippen LogP contribution in [0.1, 0.15) is 12.5 Å². The number of hydrogen-bond acceptors (Lipinski definition) is 4. The Hall–Kier alpha value is -1.82. The van der Waals surface area contributed by atoms with Gasteiger partial charge in [-0.2, -0.15) is 0 Å². The van der Waals surface area contributed by atoms with Crippen molar-refractivity contribution < 1.29 is 17.9 Å². The van der Waals surface area contributed by atoms with Crippen LogP contribution in [0, 0.1) is 0 Å². The molecule has 0 amide bonds. The molecule has 17 heavy (non-hydrogen) atoms. The molecule has 0 fully saturated rings. The number of ether oxygens (including phenoxy) is 1. The molecular weight excluding hydrogens is 242 g/mol. The molecule has 90 valence electrons. The highest BCUT2D eigenvalue weighted by Gasteiger charge is 2.29. The first-order valence-corrected chi connectivity index (χ1v) is 6.53. The van der Waals surface area contributed by atoms with Crippen molar-refractivity contribution >= 4 is 21.7 Å². The average molecular weight is 253 g/mol. The summed E-state index contributed by atoms with van der Waals surface area (Å²) in [5.41, 5.74) is 0.736. The Morgan fingerprint density at radius 1 is 1.41 bits per heavy atom. The van der Waals surface area contributed by atoms with Crippen molar-refractivity contribution in [3.63, 3.8) is 0 Å². The predicted octanol–water partition coefficient (Wildman–Crippen LogP) is 0.883. The monoisotopic (exact) mass is 253 g/mol. The van der Waals surface area contributed by atoms with Crippen LogP contribution in [0.25, 0.3) is 5.70 Å². The second-order valence-corrected chi connectivity index (χ2v) is 5.06. The van der Waals surface area contributed by atoms with Crippen LogP contribution >= 0.6 is 0 Å². The van der Waals surface area contributed by atoms with Gasteiger partial charge in [0.1, 0.15) is 0 Å². The number of carbonyl (C=O) groups is 1. The minimum Gasteiger partial charge on any atom is -0.463 e. The molecule has 0 aromatic heterocycles. The van der Waals surface area contributed by atoms with Crippen LogP contribution in [-0.2, 0) is 19.6 Å². The van der Waals surface area contributed by atoms with E-state index in [1.807, 2.05) is 0 Å². The maximum atomic E-state index is 11.7. The number of benzene rings is 1. The maximum absolute atomic E-state index is 11.7. The van der Waals surface area contributed by atoms with Gasteiger partial charge in [-0.25, -0.2) is 13.2 Å². The van der Waals surface area contributed by atoms with Gasteiger partial charge in [0.25, 0.3) is 10.0 Å². The number of carbonyl (C=O) groups excluding carboxylic acids is 1. The summed E-state index contributed by atoms with van der Waals surface area (Å²) in [5.74, 6) is -0.568. The SMILES string of the molecule is CCOC(=O)/C=C1/NS(=O)(=O)c2ccccc21. The van der Waals surface area contributed by atoms with Gasteiger partial charge in [0.15, 0.2) is 0 Å². The Labute approximate surface area is 99.1 Å². The number of hydrogen-bond donors (Lipinski definition) is 1. The lowest BCUT2D eigenvalue weighted by Gasteiger charge is -1.99. The molecule has 1 N–H and O–H groups in total. The Kier molecular flexibility index (Phi) is 2.89. The van der Waals surface area contributed by atoms with Crippen molar-refractivity contribution in [2.75, 3.05) is 6.61 Å². The molecule has 2 rings (SSSR count). The van der Waals surface area contributed by atoms with Gasteiger partial charge in [0.05, 0.1) is 17.2 Å². The van der Waals surface area contributed by atoms with Gasteiger partial charge >= 0.3 is 5.97 Å². The van der Waals surface area contributed by atoms with Gasteiger partial charge < -0.3 is 4.74 Å². The van der Waals surface area contributed by atoms with Crippen molar-refractivity contribution in [2.45, 2.75) is 11.8 Å². The lowest BCUT2D eigenvalue weighted by atomic mass is 10.1. The molecule has 1 heterocycles. The standard InChI is InChI=1S/C11H11NO4S/c1-2-16-11(13)7-9-8-5-3-4-6-10(8)17(14,15)12-9/h3-7,12H,2H2,1H3/b9-7+. The summed E-state index contributed by atoms with van der Waals surface area (Å²) in [6.45, 7) is 1.93. The van der Waals surface area contributed by atoms with E-state index in [9.17, 15) is 13.2 Å². The van der Waals surface area contributed by atoms with Gasteiger partial charge in [0, 0.05) is 11.6 Å². The van der Waals surface area contributed by atoms with E-state index in [2.05, 4.69) is 4.72 Å². The predicted molar refractivity (Wildman–Crippen MR) is 61.4 cm³/mol. The first-order valence-electron chi connectivity index (χ1n) is 5.05. The van der Waals surface area contributed by atoms with Crippen LogP contribution < -0.4 is 4.72 Å². The Bertz CT molecular complexity index is 589. The van der Waals surface area contributed by atoms with Gasteiger partial charge in [-0.3, -0.25) is 4.72 Å². The highest BCUT2D eigenvalue weighted by Crippen LogP contribution is 2.29. The van der Waals surface area contributed by atoms with Gasteiger partial charge in [0.2, 0.25) is 0 Å². The third kappa shape index (κ3) is 2.16. The van der Waals surface area contributed by atoms with Crippen molar-refractivity contribution in [2.24, 2.45) is 0 Å². The van der Waals surface area contributed by atoms with E-state index in [1.54, 1.807) is 25.1 Å². The maximum Gasteiger partial charge on any atom is 0.332 e. The molecular formula is C11H11NO4S. The molecule has 1 aliphatic rings. The summed E-state index contributed by atoms with van der Waals surface area (Å²) < 4.78 is 30.5. The van der Waals surface area contributed by atoms with Crippen molar-refractivity contribution in [3.05, 3.63) is 35.9 Å². The minimum atomic E-state index is -3.54. The molecule has 0 saturated carbocycles. The number of fused-ring (bicyclic) bond motifs is 1. The summed E-state index contributed by atoms with van der Waals surface area (Å²) in [7, 11) is -3.54. The van der Waals surface area contributed by atoms with Crippen molar-refractivity contribution in [1.29, 1.82) is 0 Å². The van der Waals surface area contributed by atoms with Crippen LogP contribution in [0.4, 0.5) is 0 Å². The van der Waals surface area contributed by atoms with Crippen LogP contribution in [-0.4, -0.2) is 21.0 Å². The van der Waals surface area contributed by atoms with E-state index in [4.69, 9.17) is 4.74 Å². The molecule has 1 aliphatic heterocycles. The summed E-state index contributed by atoms with van der Waals surface area (Å²) in [4.78, 5) is 11.5. The lowest BCUT2D eigenvalue weighted by molar-refractivity contribution is -0.137. The molecule has 1 aromatic rings. The molecule has 0 spiro atoms. The van der Waals surface area contributed by atoms with Crippen molar-refractivity contribution in [1.82, 2.24) is 4.72 Å². The number of esters is 1. The minimum absolute atomic E-state index is 0.176. The van der Waals surface area contributed by atoms with E-state index in [0.29, 0.717) is 5.56 Å². The zero-order valence-corrected chi connectivity index (χ0v) is 9.95. The second-order valence-electron chi connectivity index (χ2n) is 3.41. The van der Waals surface area contributed by atoms with Gasteiger partial charge in [-0.1, -0.05) is 18.2 Å². The smallest absolute Gasteiger partial charge is 0.332 e. The summed E-state index contributed by atoms with van der Waals surface area (Å²) in [6, 6.07) is 6.47. The highest BCUT2D eigenvalue weighted by molar-refractivity contribution is 7.90. The summed E-state index contributed by atoms with van der Waals surface area (Å²) in [6.07, 6.45) is 1.15. The second kappa shape index (κ2) is 4.21. The topological polar surface area (TPSA) is 72.5 Å². The third-order valence-electron chi connectivity index (χ3n) is 2.26. The van der Waals surface area contributed by atoms with Crippen molar-refractivity contribution in [3.8, 4) is 0 Å². The van der Waals surface area contributed by atoms with E-state index >= 15 is 0 Å². The van der Waals surface area contributed by atoms with Gasteiger partial charge in [-0.15, -0.1) is 0 Å². The number of rotatable bonds is 2. The normalized spacial score (nSPS) is 18.5. The molecule has 1 aromatic carbocycles. The first kappa shape index (κ1) is 11.7. The number of nitrogens with one attached hydrogen (secondary N) is 1. The Balaban J connectivity index is 2.45. The average Bonchev–Trinajstić information content (AvgIpc) is 2.52. The summed E-state index contributed by atoms with van der Waals surface area (Å²) in [5, 5.41) is 0. The zero-order valence-electron chi connectivity index (χ0n) is 9.14. The molecule has 0 aliphatic carbocycles.